The Labute approximate surface area is 75.7 Å². The second-order valence-electron chi connectivity index (χ2n) is 2.91. The normalized spacial score (nSPS) is 26.9. The van der Waals surface area contributed by atoms with Crippen LogP contribution in [-0.2, 0) is 4.79 Å². The van der Waals surface area contributed by atoms with Gasteiger partial charge in [-0.2, -0.15) is 5.26 Å². The number of hydrogen-bond donors (Lipinski definition) is 0. The van der Waals surface area contributed by atoms with Crippen LogP contribution in [0, 0.1) is 11.3 Å². The van der Waals surface area contributed by atoms with Crippen molar-refractivity contribution >= 4 is 12.6 Å². The van der Waals surface area contributed by atoms with Crippen molar-refractivity contribution in [2.75, 3.05) is 13.1 Å². The van der Waals surface area contributed by atoms with E-state index in [9.17, 15) is 9.18 Å². The SMILES string of the molecule is C=NCC(=O)N1C[C@@H](F)C[C@H]1C#N. The summed E-state index contributed by atoms with van der Waals surface area (Å²) >= 11 is 0. The summed E-state index contributed by atoms with van der Waals surface area (Å²) in [6, 6.07) is 1.25. The van der Waals surface area contributed by atoms with E-state index in [1.54, 1.807) is 0 Å². The van der Waals surface area contributed by atoms with E-state index in [0.717, 1.165) is 0 Å². The van der Waals surface area contributed by atoms with E-state index in [1.165, 1.54) is 4.90 Å². The van der Waals surface area contributed by atoms with Crippen LogP contribution in [0.15, 0.2) is 4.99 Å². The number of aliphatic imine (C=N–C) groups is 1. The van der Waals surface area contributed by atoms with Crippen LogP contribution in [0.3, 0.4) is 0 Å². The Hall–Kier alpha value is -1.44. The van der Waals surface area contributed by atoms with Gasteiger partial charge in [-0.3, -0.25) is 9.79 Å². The van der Waals surface area contributed by atoms with Crippen molar-refractivity contribution in [3.8, 4) is 6.07 Å². The lowest BCUT2D eigenvalue weighted by molar-refractivity contribution is -0.129. The lowest BCUT2D eigenvalue weighted by Gasteiger charge is -2.17. The van der Waals surface area contributed by atoms with Gasteiger partial charge in [-0.05, 0) is 6.72 Å². The number of alkyl halides is 1. The third-order valence-electron chi connectivity index (χ3n) is 1.97. The third kappa shape index (κ3) is 2.02. The molecule has 0 radical (unpaired) electrons. The van der Waals surface area contributed by atoms with Crippen LogP contribution in [0.2, 0.25) is 0 Å². The van der Waals surface area contributed by atoms with Crippen LogP contribution in [0.25, 0.3) is 0 Å². The number of nitriles is 1. The molecule has 0 N–H and O–H groups in total. The number of carbonyl (C=O) groups is 1. The van der Waals surface area contributed by atoms with Crippen molar-refractivity contribution < 1.29 is 9.18 Å². The number of halogens is 1. The van der Waals surface area contributed by atoms with Gasteiger partial charge in [-0.15, -0.1) is 0 Å². The van der Waals surface area contributed by atoms with Crippen molar-refractivity contribution in [2.24, 2.45) is 4.99 Å². The first-order valence-electron chi connectivity index (χ1n) is 3.94. The van der Waals surface area contributed by atoms with Gasteiger partial charge in [0.2, 0.25) is 5.91 Å². The summed E-state index contributed by atoms with van der Waals surface area (Å²) in [4.78, 5) is 15.9. The number of nitrogens with zero attached hydrogens (tertiary/aromatic N) is 3. The highest BCUT2D eigenvalue weighted by Crippen LogP contribution is 2.19. The third-order valence-corrected chi connectivity index (χ3v) is 1.97. The molecule has 0 aliphatic carbocycles. The summed E-state index contributed by atoms with van der Waals surface area (Å²) in [5.74, 6) is -0.332. The molecule has 1 amide bonds. The number of amides is 1. The maximum atomic E-state index is 12.8. The summed E-state index contributed by atoms with van der Waals surface area (Å²) in [7, 11) is 0. The molecule has 1 rings (SSSR count). The van der Waals surface area contributed by atoms with Gasteiger partial charge in [-0.1, -0.05) is 0 Å². The average molecular weight is 183 g/mol. The molecule has 0 aromatic carbocycles. The topological polar surface area (TPSA) is 56.5 Å². The number of hydrogen-bond acceptors (Lipinski definition) is 3. The van der Waals surface area contributed by atoms with E-state index in [2.05, 4.69) is 11.7 Å². The van der Waals surface area contributed by atoms with E-state index in [0.29, 0.717) is 0 Å². The van der Waals surface area contributed by atoms with Crippen molar-refractivity contribution in [2.45, 2.75) is 18.6 Å². The zero-order valence-electron chi connectivity index (χ0n) is 7.11. The van der Waals surface area contributed by atoms with Crippen LogP contribution in [0.5, 0.6) is 0 Å². The Morgan fingerprint density at radius 1 is 1.85 bits per heavy atom. The zero-order chi connectivity index (χ0) is 9.84. The van der Waals surface area contributed by atoms with Crippen LogP contribution in [0.4, 0.5) is 4.39 Å². The minimum atomic E-state index is -1.08. The lowest BCUT2D eigenvalue weighted by Crippen LogP contribution is -2.36. The van der Waals surface area contributed by atoms with Gasteiger partial charge in [0.05, 0.1) is 12.6 Å². The highest BCUT2D eigenvalue weighted by Gasteiger charge is 2.34. The predicted octanol–water partition coefficient (Wildman–Crippen LogP) is 0.150. The lowest BCUT2D eigenvalue weighted by atomic mass is 10.2. The van der Waals surface area contributed by atoms with Gasteiger partial charge in [0.25, 0.3) is 0 Å². The fraction of sp³-hybridized carbons (Fsp3) is 0.625. The predicted molar refractivity (Wildman–Crippen MR) is 45.0 cm³/mol. The molecule has 0 saturated carbocycles. The maximum Gasteiger partial charge on any atom is 0.245 e. The number of likely N-dealkylation sites (tertiary alicyclic amines) is 1. The number of rotatable bonds is 2. The molecule has 0 unspecified atom stereocenters. The van der Waals surface area contributed by atoms with Gasteiger partial charge >= 0.3 is 0 Å². The van der Waals surface area contributed by atoms with Crippen molar-refractivity contribution in [1.82, 2.24) is 4.90 Å². The molecule has 2 atom stereocenters. The molecule has 0 aromatic heterocycles. The van der Waals surface area contributed by atoms with Gasteiger partial charge in [-0.25, -0.2) is 4.39 Å². The van der Waals surface area contributed by atoms with E-state index in [4.69, 9.17) is 5.26 Å². The highest BCUT2D eigenvalue weighted by molar-refractivity contribution is 5.80. The van der Waals surface area contributed by atoms with Crippen molar-refractivity contribution in [1.29, 1.82) is 5.26 Å². The Bertz CT molecular complexity index is 261. The molecule has 1 fully saturated rings. The quantitative estimate of drug-likeness (QED) is 0.572. The van der Waals surface area contributed by atoms with E-state index in [-0.39, 0.29) is 25.4 Å². The van der Waals surface area contributed by atoms with E-state index >= 15 is 0 Å². The summed E-state index contributed by atoms with van der Waals surface area (Å²) < 4.78 is 12.8. The second-order valence-corrected chi connectivity index (χ2v) is 2.91. The van der Waals surface area contributed by atoms with Crippen molar-refractivity contribution in [3.05, 3.63) is 0 Å². The zero-order valence-corrected chi connectivity index (χ0v) is 7.11. The van der Waals surface area contributed by atoms with Crippen LogP contribution in [-0.4, -0.2) is 42.8 Å². The fourth-order valence-electron chi connectivity index (χ4n) is 1.37. The van der Waals surface area contributed by atoms with Crippen LogP contribution in [0.1, 0.15) is 6.42 Å². The largest absolute Gasteiger partial charge is 0.322 e. The second kappa shape index (κ2) is 3.99. The van der Waals surface area contributed by atoms with Gasteiger partial charge in [0.1, 0.15) is 18.8 Å². The molecule has 0 bridgehead atoms. The first kappa shape index (κ1) is 9.65. The maximum absolute atomic E-state index is 12.8. The highest BCUT2D eigenvalue weighted by atomic mass is 19.1. The van der Waals surface area contributed by atoms with E-state index in [1.807, 2.05) is 6.07 Å². The Kier molecular flexibility index (Phi) is 2.96. The molecule has 70 valence electrons. The molecule has 13 heavy (non-hydrogen) atoms. The summed E-state index contributed by atoms with van der Waals surface area (Å²) in [5.41, 5.74) is 0. The molecule has 4 nitrogen and oxygen atoms in total. The van der Waals surface area contributed by atoms with Gasteiger partial charge in [0.15, 0.2) is 0 Å². The monoisotopic (exact) mass is 183 g/mol. The molecule has 0 aromatic rings. The average Bonchev–Trinajstić information content (AvgIpc) is 2.47. The standard InChI is InChI=1S/C8H10FN3O/c1-11-4-8(13)12-5-6(9)2-7(12)3-10/h6-7H,1-2,4-5H2/t6-,7-/m0/s1. The van der Waals surface area contributed by atoms with Gasteiger partial charge < -0.3 is 4.90 Å². The molecular weight excluding hydrogens is 173 g/mol. The van der Waals surface area contributed by atoms with E-state index < -0.39 is 12.2 Å². The molecule has 1 heterocycles. The first-order valence-corrected chi connectivity index (χ1v) is 3.94. The molecule has 1 saturated heterocycles. The smallest absolute Gasteiger partial charge is 0.245 e. The fourth-order valence-corrected chi connectivity index (χ4v) is 1.37. The molecule has 1 aliphatic rings. The molecule has 1 aliphatic heterocycles. The summed E-state index contributed by atoms with van der Waals surface area (Å²) in [6.07, 6.45) is -0.974. The molecular formula is C8H10FN3O. The number of carbonyl (C=O) groups excluding carboxylic acids is 1. The Balaban J connectivity index is 2.63. The minimum Gasteiger partial charge on any atom is -0.322 e. The minimum absolute atomic E-state index is 0.00653. The molecule has 0 spiro atoms. The summed E-state index contributed by atoms with van der Waals surface area (Å²) in [6.45, 7) is 3.10. The summed E-state index contributed by atoms with van der Waals surface area (Å²) in [5, 5.41) is 8.61. The van der Waals surface area contributed by atoms with Crippen LogP contribution < -0.4 is 0 Å². The Morgan fingerprint density at radius 3 is 3.08 bits per heavy atom. The first-order chi connectivity index (χ1) is 6.19. The van der Waals surface area contributed by atoms with Crippen LogP contribution >= 0.6 is 0 Å². The van der Waals surface area contributed by atoms with Gasteiger partial charge in [0, 0.05) is 6.42 Å². The van der Waals surface area contributed by atoms with Crippen molar-refractivity contribution in [3.63, 3.8) is 0 Å². The molecule has 5 heteroatoms. The Morgan fingerprint density at radius 2 is 2.54 bits per heavy atom.